The van der Waals surface area contributed by atoms with Gasteiger partial charge in [-0.05, 0) is 0 Å². The van der Waals surface area contributed by atoms with Crippen LogP contribution in [-0.2, 0) is 25.2 Å². The quantitative estimate of drug-likeness (QED) is 0.516. The van der Waals surface area contributed by atoms with Crippen molar-refractivity contribution < 1.29 is 23.7 Å². The molecule has 0 aliphatic rings. The predicted octanol–water partition coefficient (Wildman–Crippen LogP) is -1.54. The van der Waals surface area contributed by atoms with E-state index in [1.165, 1.54) is 14.0 Å². The summed E-state index contributed by atoms with van der Waals surface area (Å²) in [5.41, 5.74) is 0. The lowest BCUT2D eigenvalue weighted by molar-refractivity contribution is -0.140. The Labute approximate surface area is 101 Å². The van der Waals surface area contributed by atoms with Crippen LogP contribution in [-0.4, -0.2) is 51.7 Å². The second-order valence-electron chi connectivity index (χ2n) is 3.33. The molecule has 0 bridgehead atoms. The Kier molecular flexibility index (Phi) is 7.11. The monoisotopic (exact) mass is 264 g/mol. The number of carboxylic acid groups (broad SMARTS) is 1. The van der Waals surface area contributed by atoms with Gasteiger partial charge in [-0.25, -0.2) is 4.79 Å². The summed E-state index contributed by atoms with van der Waals surface area (Å²) in [6.45, 7) is 1.18. The molecule has 0 aromatic rings. The normalized spacial score (nSPS) is 13.5. The zero-order valence-corrected chi connectivity index (χ0v) is 10.5. The zero-order valence-electron chi connectivity index (χ0n) is 9.69. The van der Waals surface area contributed by atoms with E-state index in [2.05, 4.69) is 10.6 Å². The van der Waals surface area contributed by atoms with Crippen LogP contribution in [0.3, 0.4) is 0 Å². The summed E-state index contributed by atoms with van der Waals surface area (Å²) in [7, 11) is -0.00474. The fourth-order valence-corrected chi connectivity index (χ4v) is 2.20. The average molecular weight is 264 g/mol. The number of carboxylic acids is 1. The van der Waals surface area contributed by atoms with Crippen LogP contribution in [0.15, 0.2) is 0 Å². The van der Waals surface area contributed by atoms with Crippen molar-refractivity contribution in [2.75, 3.05) is 18.6 Å². The number of carbonyl (C=O) groups is 3. The highest BCUT2D eigenvalue weighted by molar-refractivity contribution is 7.85. The molecule has 0 rings (SSSR count). The van der Waals surface area contributed by atoms with Gasteiger partial charge in [-0.15, -0.1) is 0 Å². The molecule has 17 heavy (non-hydrogen) atoms. The van der Waals surface area contributed by atoms with E-state index < -0.39 is 28.7 Å². The van der Waals surface area contributed by atoms with Gasteiger partial charge in [0.2, 0.25) is 11.8 Å². The summed E-state index contributed by atoms with van der Waals surface area (Å²) in [5.74, 6) is -2.13. The molecular weight excluding hydrogens is 248 g/mol. The van der Waals surface area contributed by atoms with Gasteiger partial charge in [0, 0.05) is 36.9 Å². The summed E-state index contributed by atoms with van der Waals surface area (Å²) >= 11 is 0. The number of carbonyl (C=O) groups excluding carboxylic acids is 2. The lowest BCUT2D eigenvalue weighted by Crippen LogP contribution is -2.43. The van der Waals surface area contributed by atoms with Gasteiger partial charge in [-0.3, -0.25) is 13.8 Å². The summed E-state index contributed by atoms with van der Waals surface area (Å²) in [6, 6.07) is -1.18. The number of rotatable bonds is 7. The molecule has 7 nitrogen and oxygen atoms in total. The van der Waals surface area contributed by atoms with Crippen molar-refractivity contribution in [3.05, 3.63) is 0 Å². The second kappa shape index (κ2) is 7.77. The molecular formula is C9H16N2O5S. The molecule has 0 aliphatic carbocycles. The first-order chi connectivity index (χ1) is 7.86. The van der Waals surface area contributed by atoms with Crippen LogP contribution in [0.4, 0.5) is 0 Å². The lowest BCUT2D eigenvalue weighted by atomic mass is 10.3. The highest BCUT2D eigenvalue weighted by atomic mass is 32.2. The molecule has 0 heterocycles. The van der Waals surface area contributed by atoms with Crippen LogP contribution >= 0.6 is 0 Å². The maximum Gasteiger partial charge on any atom is 0.327 e. The number of hydrogen-bond acceptors (Lipinski definition) is 4. The Hall–Kier alpha value is -1.44. The van der Waals surface area contributed by atoms with Crippen molar-refractivity contribution in [1.29, 1.82) is 0 Å². The minimum absolute atomic E-state index is 0.0650. The maximum atomic E-state index is 11.5. The minimum atomic E-state index is -1.47. The third-order valence-corrected chi connectivity index (χ3v) is 3.23. The number of amides is 2. The molecule has 2 atom stereocenters. The maximum absolute atomic E-state index is 11.5. The van der Waals surface area contributed by atoms with Crippen LogP contribution in [0.2, 0.25) is 0 Å². The third-order valence-electron chi connectivity index (χ3n) is 1.86. The van der Waals surface area contributed by atoms with Crippen molar-refractivity contribution >= 4 is 28.6 Å². The molecule has 0 saturated carbocycles. The first-order valence-corrected chi connectivity index (χ1v) is 6.41. The van der Waals surface area contributed by atoms with E-state index in [4.69, 9.17) is 5.11 Å². The standard InChI is InChI=1S/C9H16N2O5S/c1-6(12)11-7(9(14)15)5-17(16)4-3-8(13)10-2/h7H,3-5H2,1-2H3,(H,10,13)(H,11,12)(H,14,15). The molecule has 0 fully saturated rings. The molecule has 0 saturated heterocycles. The number of hydrogen-bond donors (Lipinski definition) is 3. The van der Waals surface area contributed by atoms with E-state index in [1.54, 1.807) is 0 Å². The van der Waals surface area contributed by atoms with E-state index >= 15 is 0 Å². The Bertz CT molecular complexity index is 331. The molecule has 0 radical (unpaired) electrons. The van der Waals surface area contributed by atoms with E-state index in [9.17, 15) is 18.6 Å². The SMILES string of the molecule is CNC(=O)CCS(=O)CC(NC(C)=O)C(=O)O. The van der Waals surface area contributed by atoms with Gasteiger partial charge in [0.25, 0.3) is 0 Å². The van der Waals surface area contributed by atoms with Gasteiger partial charge in [-0.2, -0.15) is 0 Å². The summed E-state index contributed by atoms with van der Waals surface area (Å²) in [6.07, 6.45) is 0.0650. The Balaban J connectivity index is 4.17. The van der Waals surface area contributed by atoms with Gasteiger partial charge in [0.05, 0.1) is 5.75 Å². The average Bonchev–Trinajstić information content (AvgIpc) is 2.24. The summed E-state index contributed by atoms with van der Waals surface area (Å²) < 4.78 is 11.5. The van der Waals surface area contributed by atoms with E-state index in [-0.39, 0.29) is 23.8 Å². The summed E-state index contributed by atoms with van der Waals surface area (Å²) in [5, 5.41) is 13.3. The fraction of sp³-hybridized carbons (Fsp3) is 0.667. The molecule has 0 aliphatic heterocycles. The molecule has 8 heteroatoms. The van der Waals surface area contributed by atoms with Gasteiger partial charge in [0.1, 0.15) is 6.04 Å². The van der Waals surface area contributed by atoms with Crippen molar-refractivity contribution in [2.24, 2.45) is 0 Å². The zero-order chi connectivity index (χ0) is 13.4. The molecule has 98 valence electrons. The predicted molar refractivity (Wildman–Crippen MR) is 61.8 cm³/mol. The van der Waals surface area contributed by atoms with E-state index in [0.29, 0.717) is 0 Å². The lowest BCUT2D eigenvalue weighted by Gasteiger charge is -2.12. The largest absolute Gasteiger partial charge is 0.480 e. The molecule has 2 amide bonds. The molecule has 0 aromatic heterocycles. The smallest absolute Gasteiger partial charge is 0.327 e. The van der Waals surface area contributed by atoms with Crippen LogP contribution in [0.1, 0.15) is 13.3 Å². The summed E-state index contributed by atoms with van der Waals surface area (Å²) in [4.78, 5) is 32.3. The van der Waals surface area contributed by atoms with Crippen molar-refractivity contribution in [1.82, 2.24) is 10.6 Å². The number of aliphatic carboxylic acids is 1. The van der Waals surface area contributed by atoms with Gasteiger partial charge < -0.3 is 15.7 Å². The highest BCUT2D eigenvalue weighted by Gasteiger charge is 2.21. The molecule has 0 spiro atoms. The van der Waals surface area contributed by atoms with Crippen molar-refractivity contribution in [3.63, 3.8) is 0 Å². The fourth-order valence-electron chi connectivity index (χ4n) is 1.02. The second-order valence-corrected chi connectivity index (χ2v) is 4.95. The van der Waals surface area contributed by atoms with Gasteiger partial charge in [-0.1, -0.05) is 0 Å². The third kappa shape index (κ3) is 7.45. The van der Waals surface area contributed by atoms with E-state index in [1.807, 2.05) is 0 Å². The van der Waals surface area contributed by atoms with Crippen molar-refractivity contribution in [2.45, 2.75) is 19.4 Å². The Morgan fingerprint density at radius 1 is 1.35 bits per heavy atom. The molecule has 3 N–H and O–H groups in total. The molecule has 2 unspecified atom stereocenters. The first-order valence-electron chi connectivity index (χ1n) is 4.92. The van der Waals surface area contributed by atoms with Crippen LogP contribution in [0.5, 0.6) is 0 Å². The first kappa shape index (κ1) is 15.6. The van der Waals surface area contributed by atoms with Crippen LogP contribution < -0.4 is 10.6 Å². The highest BCUT2D eigenvalue weighted by Crippen LogP contribution is 1.94. The topological polar surface area (TPSA) is 113 Å². The van der Waals surface area contributed by atoms with Crippen LogP contribution in [0, 0.1) is 0 Å². The minimum Gasteiger partial charge on any atom is -0.480 e. The van der Waals surface area contributed by atoms with E-state index in [0.717, 1.165) is 0 Å². The Morgan fingerprint density at radius 2 is 1.94 bits per heavy atom. The van der Waals surface area contributed by atoms with Gasteiger partial charge >= 0.3 is 5.97 Å². The van der Waals surface area contributed by atoms with Gasteiger partial charge in [0.15, 0.2) is 0 Å². The van der Waals surface area contributed by atoms with Crippen molar-refractivity contribution in [3.8, 4) is 0 Å². The molecule has 0 aromatic carbocycles. The van der Waals surface area contributed by atoms with Crippen LogP contribution in [0.25, 0.3) is 0 Å². The Morgan fingerprint density at radius 3 is 2.35 bits per heavy atom. The number of nitrogens with one attached hydrogen (secondary N) is 2.